The van der Waals surface area contributed by atoms with Gasteiger partial charge in [0.2, 0.25) is 0 Å². The zero-order valence-electron chi connectivity index (χ0n) is 45.1. The Kier molecular flexibility index (Phi) is 10.5. The van der Waals surface area contributed by atoms with Crippen LogP contribution in [-0.4, -0.2) is 18.3 Å². The van der Waals surface area contributed by atoms with Gasteiger partial charge in [-0.15, -0.1) is 0 Å². The number of nitrogens with zero attached hydrogens (tertiary/aromatic N) is 4. The molecule has 386 valence electrons. The molecular weight excluding hydrogens is 993 g/mol. The SMILES string of the molecule is C1=CC(n2c3ccccc3c3ccc4c(c5ccccc5n4-c4cccc(-c5cccc(-c6cccc(C7C=C(c8cccc(-n9c%10ccccc%10c%10ccc%11c(c%12ccccc%12n%11-c%11ccccc%11)c%109)c8)C=CC7)c6)c5)c4)c32)=CCC1. The number of para-hydroxylation sites is 5. The summed E-state index contributed by atoms with van der Waals surface area (Å²) in [6.07, 6.45) is 17.3. The smallest absolute Gasteiger partial charge is 0.0641 e. The van der Waals surface area contributed by atoms with Crippen LogP contribution in [0, 0.1) is 0 Å². The average Bonchev–Trinajstić information content (AvgIpc) is 2.16. The number of hydrogen-bond donors (Lipinski definition) is 0. The third kappa shape index (κ3) is 7.17. The van der Waals surface area contributed by atoms with E-state index in [1.165, 1.54) is 132 Å². The first-order valence-electron chi connectivity index (χ1n) is 28.8. The Morgan fingerprint density at radius 3 is 1.44 bits per heavy atom. The highest BCUT2D eigenvalue weighted by atomic mass is 15.0. The number of benzene rings is 11. The van der Waals surface area contributed by atoms with Crippen LogP contribution in [0.1, 0.15) is 36.3 Å². The minimum Gasteiger partial charge on any atom is -0.309 e. The Morgan fingerprint density at radius 1 is 0.305 bits per heavy atom. The Bertz CT molecular complexity index is 5260. The van der Waals surface area contributed by atoms with Gasteiger partial charge in [-0.05, 0) is 143 Å². The van der Waals surface area contributed by atoms with Crippen LogP contribution in [0.5, 0.6) is 0 Å². The number of aromatic nitrogens is 4. The van der Waals surface area contributed by atoms with E-state index in [-0.39, 0.29) is 5.92 Å². The third-order valence-electron chi connectivity index (χ3n) is 17.6. The highest BCUT2D eigenvalue weighted by molar-refractivity contribution is 6.28. The molecule has 0 radical (unpaired) electrons. The Morgan fingerprint density at radius 2 is 0.793 bits per heavy atom. The van der Waals surface area contributed by atoms with Crippen molar-refractivity contribution < 1.29 is 0 Å². The molecule has 0 bridgehead atoms. The van der Waals surface area contributed by atoms with Crippen LogP contribution in [0.25, 0.3) is 138 Å². The summed E-state index contributed by atoms with van der Waals surface area (Å²) in [5.41, 5.74) is 23.0. The molecule has 0 saturated heterocycles. The van der Waals surface area contributed by atoms with Gasteiger partial charge in [-0.1, -0.05) is 200 Å². The molecule has 15 aromatic rings. The highest BCUT2D eigenvalue weighted by Gasteiger charge is 2.24. The van der Waals surface area contributed by atoms with Gasteiger partial charge in [-0.25, -0.2) is 0 Å². The summed E-state index contributed by atoms with van der Waals surface area (Å²) in [6.45, 7) is 0. The molecule has 2 aliphatic rings. The molecule has 1 unspecified atom stereocenters. The van der Waals surface area contributed by atoms with Crippen LogP contribution < -0.4 is 0 Å². The molecule has 0 spiro atoms. The Labute approximate surface area is 475 Å². The molecule has 11 aromatic carbocycles. The maximum absolute atomic E-state index is 2.51. The Balaban J connectivity index is 0.721. The normalized spacial score (nSPS) is 14.6. The minimum absolute atomic E-state index is 0.227. The van der Waals surface area contributed by atoms with E-state index in [9.17, 15) is 0 Å². The molecule has 2 aliphatic carbocycles. The summed E-state index contributed by atoms with van der Waals surface area (Å²) in [4.78, 5) is 0. The minimum atomic E-state index is 0.227. The van der Waals surface area contributed by atoms with E-state index in [2.05, 4.69) is 303 Å². The highest BCUT2D eigenvalue weighted by Crippen LogP contribution is 2.45. The van der Waals surface area contributed by atoms with Gasteiger partial charge in [-0.3, -0.25) is 0 Å². The maximum Gasteiger partial charge on any atom is 0.0641 e. The standard InChI is InChI=1S/C78H54N4/c1-3-28-59(29-4-1)79-71-40-13-9-36-67(71)75-73(79)44-42-66-64-35-8-12-39-70(64)82(78(66)75)62-33-19-27-58(50-62)56-25-17-23-54(48-56)52-21-15-20-51(46-52)53-22-16-24-55(47-53)57-26-18-32-61(49-57)80-72-41-14-10-37-68(72)76-74(80)45-43-65-63-34-7-11-38-69(63)81(77(65)76)60-30-5-2-6-31-60/h1,3-5,7-22,24-50,54H,2,6,23H2. The van der Waals surface area contributed by atoms with Crippen molar-refractivity contribution in [2.24, 2.45) is 0 Å². The largest absolute Gasteiger partial charge is 0.309 e. The monoisotopic (exact) mass is 1050 g/mol. The second-order valence-electron chi connectivity index (χ2n) is 22.2. The topological polar surface area (TPSA) is 19.7 Å². The van der Waals surface area contributed by atoms with Crippen LogP contribution in [0.2, 0.25) is 0 Å². The Hall–Kier alpha value is -10.4. The number of hydrogen-bond acceptors (Lipinski definition) is 0. The first-order chi connectivity index (χ1) is 40.7. The predicted molar refractivity (Wildman–Crippen MR) is 347 cm³/mol. The summed E-state index contributed by atoms with van der Waals surface area (Å²) in [5, 5.41) is 10.1. The van der Waals surface area contributed by atoms with E-state index in [1.54, 1.807) is 0 Å². The van der Waals surface area contributed by atoms with Gasteiger partial charge in [-0.2, -0.15) is 0 Å². The van der Waals surface area contributed by atoms with Crippen molar-refractivity contribution in [2.45, 2.75) is 25.2 Å². The summed E-state index contributed by atoms with van der Waals surface area (Å²) in [7, 11) is 0. The summed E-state index contributed by atoms with van der Waals surface area (Å²) in [6, 6.07) is 92.3. The van der Waals surface area contributed by atoms with Gasteiger partial charge in [0.15, 0.2) is 0 Å². The molecule has 0 aliphatic heterocycles. The van der Waals surface area contributed by atoms with Crippen molar-refractivity contribution in [1.82, 2.24) is 18.3 Å². The van der Waals surface area contributed by atoms with Crippen LogP contribution in [0.15, 0.2) is 285 Å². The van der Waals surface area contributed by atoms with Gasteiger partial charge in [0.25, 0.3) is 0 Å². The fourth-order valence-corrected chi connectivity index (χ4v) is 14.0. The second kappa shape index (κ2) is 18.6. The fraction of sp³-hybridized carbons (Fsp3) is 0.0513. The van der Waals surface area contributed by atoms with Crippen molar-refractivity contribution in [3.05, 3.63) is 296 Å². The lowest BCUT2D eigenvalue weighted by Gasteiger charge is -2.19. The molecule has 4 heteroatoms. The van der Waals surface area contributed by atoms with Crippen LogP contribution >= 0.6 is 0 Å². The number of allylic oxidation sites excluding steroid dienone is 8. The van der Waals surface area contributed by atoms with E-state index in [4.69, 9.17) is 0 Å². The maximum atomic E-state index is 2.51. The van der Waals surface area contributed by atoms with E-state index >= 15 is 0 Å². The van der Waals surface area contributed by atoms with E-state index < -0.39 is 0 Å². The van der Waals surface area contributed by atoms with E-state index in [0.717, 1.165) is 36.3 Å². The predicted octanol–water partition coefficient (Wildman–Crippen LogP) is 20.7. The number of fused-ring (bicyclic) bond motifs is 14. The molecule has 1 atom stereocenters. The molecule has 0 fully saturated rings. The third-order valence-corrected chi connectivity index (χ3v) is 17.6. The molecule has 0 N–H and O–H groups in total. The molecule has 4 heterocycles. The van der Waals surface area contributed by atoms with Crippen molar-refractivity contribution in [1.29, 1.82) is 0 Å². The lowest BCUT2D eigenvalue weighted by atomic mass is 9.86. The van der Waals surface area contributed by atoms with Crippen molar-refractivity contribution in [3.8, 4) is 39.3 Å². The number of rotatable bonds is 8. The van der Waals surface area contributed by atoms with Crippen LogP contribution in [0.4, 0.5) is 0 Å². The van der Waals surface area contributed by atoms with Crippen LogP contribution in [0.3, 0.4) is 0 Å². The molecule has 0 amide bonds. The first kappa shape index (κ1) is 46.5. The van der Waals surface area contributed by atoms with Gasteiger partial charge in [0.05, 0.1) is 44.1 Å². The molecule has 0 saturated carbocycles. The quantitative estimate of drug-likeness (QED) is 0.145. The molecule has 17 rings (SSSR count). The molecule has 82 heavy (non-hydrogen) atoms. The van der Waals surface area contributed by atoms with Gasteiger partial charge >= 0.3 is 0 Å². The van der Waals surface area contributed by atoms with Crippen molar-refractivity contribution in [3.63, 3.8) is 0 Å². The second-order valence-corrected chi connectivity index (χ2v) is 22.2. The van der Waals surface area contributed by atoms with Gasteiger partial charge in [0, 0.05) is 71.8 Å². The first-order valence-corrected chi connectivity index (χ1v) is 28.8. The zero-order chi connectivity index (χ0) is 53.8. The lowest BCUT2D eigenvalue weighted by Crippen LogP contribution is -2.01. The van der Waals surface area contributed by atoms with E-state index in [1.807, 2.05) is 0 Å². The van der Waals surface area contributed by atoms with Gasteiger partial charge < -0.3 is 18.3 Å². The molecule has 4 aromatic heterocycles. The molecular formula is C78H54N4. The summed E-state index contributed by atoms with van der Waals surface area (Å²) in [5.74, 6) is 0.227. The molecule has 4 nitrogen and oxygen atoms in total. The van der Waals surface area contributed by atoms with Crippen molar-refractivity contribution in [2.75, 3.05) is 0 Å². The zero-order valence-corrected chi connectivity index (χ0v) is 45.1. The van der Waals surface area contributed by atoms with Crippen molar-refractivity contribution >= 4 is 98.5 Å². The lowest BCUT2D eigenvalue weighted by molar-refractivity contribution is 0.857. The van der Waals surface area contributed by atoms with Crippen LogP contribution in [-0.2, 0) is 0 Å². The fourth-order valence-electron chi connectivity index (χ4n) is 14.0. The summed E-state index contributed by atoms with van der Waals surface area (Å²) >= 11 is 0. The summed E-state index contributed by atoms with van der Waals surface area (Å²) < 4.78 is 9.90. The average molecular weight is 1050 g/mol. The van der Waals surface area contributed by atoms with E-state index in [0.29, 0.717) is 0 Å². The van der Waals surface area contributed by atoms with Gasteiger partial charge in [0.1, 0.15) is 0 Å².